The van der Waals surface area contributed by atoms with Gasteiger partial charge in [-0.2, -0.15) is 13.2 Å². The Labute approximate surface area is 102 Å². The van der Waals surface area contributed by atoms with Crippen molar-refractivity contribution in [3.8, 4) is 11.5 Å². The molecule has 0 saturated carbocycles. The van der Waals surface area contributed by atoms with Crippen LogP contribution in [0.1, 0.15) is 5.56 Å². The van der Waals surface area contributed by atoms with Crippen LogP contribution in [0.2, 0.25) is 0 Å². The summed E-state index contributed by atoms with van der Waals surface area (Å²) in [5.41, 5.74) is 6.21. The SMILES string of the molecule is COc1cc(CN)cc(OCOCC(F)(F)F)c1. The molecular formula is C11H14F3NO3. The number of benzene rings is 1. The number of alkyl halides is 3. The van der Waals surface area contributed by atoms with Gasteiger partial charge in [0.25, 0.3) is 0 Å². The molecule has 0 aliphatic rings. The number of methoxy groups -OCH3 is 1. The van der Waals surface area contributed by atoms with E-state index in [1.165, 1.54) is 13.2 Å². The molecule has 7 heteroatoms. The van der Waals surface area contributed by atoms with E-state index in [0.29, 0.717) is 11.5 Å². The molecule has 18 heavy (non-hydrogen) atoms. The van der Waals surface area contributed by atoms with E-state index in [9.17, 15) is 13.2 Å². The second-order valence-electron chi connectivity index (χ2n) is 3.45. The van der Waals surface area contributed by atoms with Crippen molar-refractivity contribution >= 4 is 0 Å². The van der Waals surface area contributed by atoms with E-state index in [2.05, 4.69) is 4.74 Å². The molecule has 0 spiro atoms. The van der Waals surface area contributed by atoms with Crippen LogP contribution in [0.25, 0.3) is 0 Å². The zero-order chi connectivity index (χ0) is 13.6. The smallest absolute Gasteiger partial charge is 0.411 e. The van der Waals surface area contributed by atoms with E-state index in [0.717, 1.165) is 5.56 Å². The third kappa shape index (κ3) is 5.24. The number of halogens is 3. The topological polar surface area (TPSA) is 53.7 Å². The van der Waals surface area contributed by atoms with Crippen molar-refractivity contribution in [2.75, 3.05) is 20.5 Å². The van der Waals surface area contributed by atoms with E-state index in [1.54, 1.807) is 12.1 Å². The number of rotatable bonds is 6. The van der Waals surface area contributed by atoms with Crippen LogP contribution < -0.4 is 15.2 Å². The van der Waals surface area contributed by atoms with Crippen LogP contribution in [0, 0.1) is 0 Å². The molecule has 0 fully saturated rings. The lowest BCUT2D eigenvalue weighted by atomic mass is 10.2. The average molecular weight is 265 g/mol. The first-order valence-electron chi connectivity index (χ1n) is 5.10. The third-order valence-electron chi connectivity index (χ3n) is 1.99. The molecule has 102 valence electrons. The molecule has 0 aromatic heterocycles. The van der Waals surface area contributed by atoms with Gasteiger partial charge in [-0.25, -0.2) is 0 Å². The van der Waals surface area contributed by atoms with E-state index >= 15 is 0 Å². The van der Waals surface area contributed by atoms with Crippen LogP contribution in [0.5, 0.6) is 11.5 Å². The summed E-state index contributed by atoms with van der Waals surface area (Å²) in [4.78, 5) is 0. The monoisotopic (exact) mass is 265 g/mol. The van der Waals surface area contributed by atoms with Gasteiger partial charge in [0.2, 0.25) is 0 Å². The number of nitrogens with two attached hydrogens (primary N) is 1. The van der Waals surface area contributed by atoms with Crippen molar-refractivity contribution in [2.24, 2.45) is 5.73 Å². The Hall–Kier alpha value is -1.47. The Balaban J connectivity index is 2.51. The van der Waals surface area contributed by atoms with Crippen molar-refractivity contribution in [3.05, 3.63) is 23.8 Å². The second kappa shape index (κ2) is 6.46. The predicted molar refractivity (Wildman–Crippen MR) is 58.4 cm³/mol. The van der Waals surface area contributed by atoms with E-state index in [4.69, 9.17) is 15.2 Å². The summed E-state index contributed by atoms with van der Waals surface area (Å²) in [5.74, 6) is 0.862. The van der Waals surface area contributed by atoms with Crippen LogP contribution in [0.15, 0.2) is 18.2 Å². The number of hydrogen-bond acceptors (Lipinski definition) is 4. The Kier molecular flexibility index (Phi) is 5.24. The summed E-state index contributed by atoms with van der Waals surface area (Å²) in [6.07, 6.45) is -4.36. The summed E-state index contributed by atoms with van der Waals surface area (Å²) >= 11 is 0. The highest BCUT2D eigenvalue weighted by Gasteiger charge is 2.27. The van der Waals surface area contributed by atoms with E-state index in [-0.39, 0.29) is 6.54 Å². The zero-order valence-electron chi connectivity index (χ0n) is 9.79. The van der Waals surface area contributed by atoms with Crippen molar-refractivity contribution < 1.29 is 27.4 Å². The largest absolute Gasteiger partial charge is 0.497 e. The summed E-state index contributed by atoms with van der Waals surface area (Å²) in [6, 6.07) is 4.86. The second-order valence-corrected chi connectivity index (χ2v) is 3.45. The number of hydrogen-bond donors (Lipinski definition) is 1. The van der Waals surface area contributed by atoms with Gasteiger partial charge >= 0.3 is 6.18 Å². The minimum atomic E-state index is -4.36. The highest BCUT2D eigenvalue weighted by atomic mass is 19.4. The lowest BCUT2D eigenvalue weighted by Gasteiger charge is -2.11. The fraction of sp³-hybridized carbons (Fsp3) is 0.455. The highest BCUT2D eigenvalue weighted by Crippen LogP contribution is 2.22. The van der Waals surface area contributed by atoms with Gasteiger partial charge in [-0.15, -0.1) is 0 Å². The molecule has 1 aromatic carbocycles. The zero-order valence-corrected chi connectivity index (χ0v) is 9.79. The molecule has 1 rings (SSSR count). The molecule has 0 aliphatic heterocycles. The van der Waals surface area contributed by atoms with E-state index in [1.807, 2.05) is 0 Å². The van der Waals surface area contributed by atoms with Crippen molar-refractivity contribution in [3.63, 3.8) is 0 Å². The van der Waals surface area contributed by atoms with E-state index < -0.39 is 19.6 Å². The molecule has 0 aliphatic carbocycles. The Morgan fingerprint density at radius 3 is 2.39 bits per heavy atom. The fourth-order valence-electron chi connectivity index (χ4n) is 1.22. The minimum Gasteiger partial charge on any atom is -0.497 e. The predicted octanol–water partition coefficient (Wildman–Crippen LogP) is 2.07. The van der Waals surface area contributed by atoms with Gasteiger partial charge in [0.1, 0.15) is 18.1 Å². The molecule has 1 aromatic rings. The Bertz CT molecular complexity index is 360. The van der Waals surface area contributed by atoms with Gasteiger partial charge in [0, 0.05) is 12.6 Å². The molecule has 2 N–H and O–H groups in total. The summed E-state index contributed by atoms with van der Waals surface area (Å²) in [5, 5.41) is 0. The van der Waals surface area contributed by atoms with Crippen molar-refractivity contribution in [2.45, 2.75) is 12.7 Å². The molecule has 0 unspecified atom stereocenters. The molecule has 0 bridgehead atoms. The first-order valence-corrected chi connectivity index (χ1v) is 5.10. The normalized spacial score (nSPS) is 11.4. The summed E-state index contributed by atoms with van der Waals surface area (Å²) in [7, 11) is 1.47. The Morgan fingerprint density at radius 2 is 1.83 bits per heavy atom. The standard InChI is InChI=1S/C11H14F3NO3/c1-16-9-2-8(5-15)3-10(4-9)18-7-17-6-11(12,13)14/h2-4H,5-7,15H2,1H3. The molecule has 0 saturated heterocycles. The van der Waals surface area contributed by atoms with Gasteiger partial charge in [0.05, 0.1) is 7.11 Å². The van der Waals surface area contributed by atoms with Crippen molar-refractivity contribution in [1.82, 2.24) is 0 Å². The van der Waals surface area contributed by atoms with Gasteiger partial charge in [-0.1, -0.05) is 0 Å². The van der Waals surface area contributed by atoms with Crippen LogP contribution in [0.4, 0.5) is 13.2 Å². The van der Waals surface area contributed by atoms with Crippen molar-refractivity contribution in [1.29, 1.82) is 0 Å². The van der Waals surface area contributed by atoms with Crippen LogP contribution in [-0.4, -0.2) is 26.7 Å². The van der Waals surface area contributed by atoms with Crippen LogP contribution in [-0.2, 0) is 11.3 Å². The maximum atomic E-state index is 11.8. The minimum absolute atomic E-state index is 0.275. The summed E-state index contributed by atoms with van der Waals surface area (Å²) in [6.45, 7) is -1.56. The van der Waals surface area contributed by atoms with Gasteiger partial charge in [0.15, 0.2) is 6.79 Å². The third-order valence-corrected chi connectivity index (χ3v) is 1.99. The van der Waals surface area contributed by atoms with Crippen LogP contribution >= 0.6 is 0 Å². The first kappa shape index (κ1) is 14.6. The lowest BCUT2D eigenvalue weighted by Crippen LogP contribution is -2.19. The molecule has 0 heterocycles. The lowest BCUT2D eigenvalue weighted by molar-refractivity contribution is -0.186. The Morgan fingerprint density at radius 1 is 1.17 bits per heavy atom. The molecule has 0 radical (unpaired) electrons. The molecule has 4 nitrogen and oxygen atoms in total. The van der Waals surface area contributed by atoms with Crippen LogP contribution in [0.3, 0.4) is 0 Å². The molecular weight excluding hydrogens is 251 g/mol. The molecule has 0 atom stereocenters. The summed E-state index contributed by atoms with van der Waals surface area (Å²) < 4.78 is 49.8. The molecule has 0 amide bonds. The fourth-order valence-corrected chi connectivity index (χ4v) is 1.22. The van der Waals surface area contributed by atoms with Gasteiger partial charge < -0.3 is 19.9 Å². The maximum Gasteiger partial charge on any atom is 0.411 e. The average Bonchev–Trinajstić information content (AvgIpc) is 2.33. The van der Waals surface area contributed by atoms with Gasteiger partial charge in [-0.3, -0.25) is 0 Å². The highest BCUT2D eigenvalue weighted by molar-refractivity contribution is 5.38. The number of ether oxygens (including phenoxy) is 3. The maximum absolute atomic E-state index is 11.8. The first-order chi connectivity index (χ1) is 8.44. The quantitative estimate of drug-likeness (QED) is 0.632. The van der Waals surface area contributed by atoms with Gasteiger partial charge in [-0.05, 0) is 17.7 Å².